The molecule has 0 aromatic rings. The molecule has 0 rings (SSSR count). The fraction of sp³-hybridized carbons (Fsp3) is 0.857. The van der Waals surface area contributed by atoms with Crippen molar-refractivity contribution in [2.75, 3.05) is 13.2 Å². The van der Waals surface area contributed by atoms with Gasteiger partial charge < -0.3 is 9.47 Å². The Morgan fingerprint density at radius 3 is 1.15 bits per heavy atom. The van der Waals surface area contributed by atoms with Crippen molar-refractivity contribution in [1.29, 1.82) is 0 Å². The van der Waals surface area contributed by atoms with Crippen LogP contribution in [0.15, 0.2) is 0 Å². The molecule has 0 saturated heterocycles. The Labute approximate surface area is 207 Å². The van der Waals surface area contributed by atoms with Crippen LogP contribution in [0.2, 0.25) is 0 Å². The van der Waals surface area contributed by atoms with Gasteiger partial charge in [0.2, 0.25) is 0 Å². The molecule has 0 saturated carbocycles. The number of alkyl halides is 18. The number of hydrogen-bond acceptors (Lipinski definition) is 6. The summed E-state index contributed by atoms with van der Waals surface area (Å²) in [4.78, 5) is 22.8. The van der Waals surface area contributed by atoms with Crippen molar-refractivity contribution < 1.29 is 111 Å². The van der Waals surface area contributed by atoms with Gasteiger partial charge in [0, 0.05) is 0 Å². The SMILES string of the molecule is O=C(CC(C(=O)OCC(F)(F)C(F)(F)C(F)(F)C(F)(F)F)S(=O)(=O)O)OCC(F)(F)C(F)(F)C(F)(F)C(F)(F)F. The van der Waals surface area contributed by atoms with Gasteiger partial charge >= 0.3 is 59.8 Å². The molecule has 40 heavy (non-hydrogen) atoms. The molecule has 0 radical (unpaired) electrons. The second-order valence-electron chi connectivity index (χ2n) is 7.18. The average Bonchev–Trinajstić information content (AvgIpc) is 2.71. The highest BCUT2D eigenvalue weighted by Crippen LogP contribution is 2.54. The van der Waals surface area contributed by atoms with Crippen LogP contribution < -0.4 is 0 Å². The molecule has 0 bridgehead atoms. The van der Waals surface area contributed by atoms with Gasteiger partial charge in [0.25, 0.3) is 10.1 Å². The second-order valence-corrected chi connectivity index (χ2v) is 8.78. The Bertz CT molecular complexity index is 1050. The Morgan fingerprint density at radius 2 is 0.875 bits per heavy atom. The van der Waals surface area contributed by atoms with Gasteiger partial charge in [0.1, 0.15) is 0 Å². The van der Waals surface area contributed by atoms with Crippen molar-refractivity contribution in [2.45, 2.75) is 59.6 Å². The van der Waals surface area contributed by atoms with E-state index in [0.29, 0.717) is 0 Å². The lowest BCUT2D eigenvalue weighted by Gasteiger charge is -2.33. The van der Waals surface area contributed by atoms with Crippen LogP contribution in [0.3, 0.4) is 0 Å². The zero-order chi connectivity index (χ0) is 32.8. The first kappa shape index (κ1) is 37.6. The zero-order valence-corrected chi connectivity index (χ0v) is 18.6. The van der Waals surface area contributed by atoms with Crippen LogP contribution in [-0.4, -0.2) is 91.3 Å². The highest BCUT2D eigenvalue weighted by atomic mass is 32.2. The molecule has 0 aliphatic carbocycles. The van der Waals surface area contributed by atoms with Crippen molar-refractivity contribution in [3.8, 4) is 0 Å². The number of rotatable bonds is 12. The molecule has 0 aliphatic rings. The van der Waals surface area contributed by atoms with Crippen molar-refractivity contribution in [3.63, 3.8) is 0 Å². The topological polar surface area (TPSA) is 107 Å². The van der Waals surface area contributed by atoms with E-state index in [4.69, 9.17) is 4.55 Å². The van der Waals surface area contributed by atoms with E-state index in [0.717, 1.165) is 0 Å². The van der Waals surface area contributed by atoms with Gasteiger partial charge in [0.15, 0.2) is 18.5 Å². The largest absolute Gasteiger partial charge is 0.460 e. The predicted octanol–water partition coefficient (Wildman–Crippen LogP) is 4.66. The lowest BCUT2D eigenvalue weighted by atomic mass is 10.0. The molecule has 0 amide bonds. The van der Waals surface area contributed by atoms with E-state index >= 15 is 0 Å². The summed E-state index contributed by atoms with van der Waals surface area (Å²) in [6, 6.07) is 0. The summed E-state index contributed by atoms with van der Waals surface area (Å²) >= 11 is 0. The number of carbonyl (C=O) groups excluding carboxylic acids is 2. The summed E-state index contributed by atoms with van der Waals surface area (Å²) < 4.78 is 266. The summed E-state index contributed by atoms with van der Waals surface area (Å²) in [5.41, 5.74) is 0. The number of carbonyl (C=O) groups is 2. The van der Waals surface area contributed by atoms with Crippen LogP contribution in [0.4, 0.5) is 79.0 Å². The molecular weight excluding hydrogens is 654 g/mol. The summed E-state index contributed by atoms with van der Waals surface area (Å²) in [6.45, 7) is -7.00. The maximum atomic E-state index is 13.3. The fourth-order valence-electron chi connectivity index (χ4n) is 1.94. The van der Waals surface area contributed by atoms with E-state index in [1.165, 1.54) is 0 Å². The number of hydrogen-bond donors (Lipinski definition) is 1. The van der Waals surface area contributed by atoms with Gasteiger partial charge in [-0.3, -0.25) is 14.1 Å². The summed E-state index contributed by atoms with van der Waals surface area (Å²) in [7, 11) is -6.28. The normalized spacial score (nSPS) is 16.0. The molecule has 0 spiro atoms. The molecule has 26 heteroatoms. The van der Waals surface area contributed by atoms with Crippen LogP contribution in [-0.2, 0) is 29.2 Å². The van der Waals surface area contributed by atoms with Crippen LogP contribution >= 0.6 is 0 Å². The van der Waals surface area contributed by atoms with Crippen molar-refractivity contribution >= 4 is 22.1 Å². The van der Waals surface area contributed by atoms with E-state index in [9.17, 15) is 97.0 Å². The Hall–Kier alpha value is -2.41. The summed E-state index contributed by atoms with van der Waals surface area (Å²) in [6.07, 6.45) is -17.3. The first-order valence-electron chi connectivity index (χ1n) is 8.80. The van der Waals surface area contributed by atoms with E-state index in [1.54, 1.807) is 0 Å². The standard InChI is InChI=1S/C14H8F18O7S/c15-7(16,9(19,20)11(23,24)13(27,28)29)2-38-5(33)1-4(40(35,36)37)6(34)39-3-8(17,18)10(21,22)12(25,26)14(30,31)32/h4H,1-3H2,(H,35,36,37). The predicted molar refractivity (Wildman–Crippen MR) is 83.7 cm³/mol. The molecular formula is C14H8F18O7S. The van der Waals surface area contributed by atoms with Gasteiger partial charge in [-0.15, -0.1) is 0 Å². The first-order valence-corrected chi connectivity index (χ1v) is 10.3. The number of ether oxygens (including phenoxy) is 2. The van der Waals surface area contributed by atoms with Crippen molar-refractivity contribution in [2.24, 2.45) is 0 Å². The Morgan fingerprint density at radius 1 is 0.575 bits per heavy atom. The molecule has 0 fully saturated rings. The monoisotopic (exact) mass is 662 g/mol. The van der Waals surface area contributed by atoms with Crippen LogP contribution in [0.5, 0.6) is 0 Å². The Kier molecular flexibility index (Phi) is 10.1. The maximum Gasteiger partial charge on any atom is 0.460 e. The van der Waals surface area contributed by atoms with Gasteiger partial charge in [0.05, 0.1) is 6.42 Å². The molecule has 7 nitrogen and oxygen atoms in total. The minimum Gasteiger partial charge on any atom is -0.459 e. The van der Waals surface area contributed by atoms with Crippen molar-refractivity contribution in [3.05, 3.63) is 0 Å². The third-order valence-corrected chi connectivity index (χ3v) is 5.28. The van der Waals surface area contributed by atoms with Gasteiger partial charge in [-0.05, 0) is 0 Å². The molecule has 1 atom stereocenters. The minimum atomic E-state index is -7.53. The van der Waals surface area contributed by atoms with Crippen LogP contribution in [0.1, 0.15) is 6.42 Å². The molecule has 1 N–H and O–H groups in total. The van der Waals surface area contributed by atoms with E-state index in [2.05, 4.69) is 9.47 Å². The summed E-state index contributed by atoms with van der Waals surface area (Å²) in [5, 5.41) is -3.81. The third-order valence-electron chi connectivity index (χ3n) is 4.20. The van der Waals surface area contributed by atoms with Crippen LogP contribution in [0, 0.1) is 0 Å². The first-order chi connectivity index (χ1) is 17.1. The second kappa shape index (κ2) is 10.8. The molecule has 0 heterocycles. The average molecular weight is 662 g/mol. The smallest absolute Gasteiger partial charge is 0.459 e. The third kappa shape index (κ3) is 7.07. The highest BCUT2D eigenvalue weighted by Gasteiger charge is 2.83. The van der Waals surface area contributed by atoms with E-state index < -0.39 is 94.8 Å². The highest BCUT2D eigenvalue weighted by molar-refractivity contribution is 7.87. The van der Waals surface area contributed by atoms with Gasteiger partial charge in [-0.25, -0.2) is 0 Å². The summed E-state index contributed by atoms with van der Waals surface area (Å²) in [5.74, 6) is -49.1. The van der Waals surface area contributed by atoms with Crippen molar-refractivity contribution in [1.82, 2.24) is 0 Å². The molecule has 238 valence electrons. The number of esters is 2. The minimum absolute atomic E-state index is 2.57. The Balaban J connectivity index is 5.75. The molecule has 0 aliphatic heterocycles. The van der Waals surface area contributed by atoms with E-state index in [-0.39, 0.29) is 0 Å². The van der Waals surface area contributed by atoms with E-state index in [1.807, 2.05) is 0 Å². The molecule has 0 aromatic carbocycles. The lowest BCUT2D eigenvalue weighted by Crippen LogP contribution is -2.62. The van der Waals surface area contributed by atoms with Crippen LogP contribution in [0.25, 0.3) is 0 Å². The maximum absolute atomic E-state index is 13.3. The molecule has 1 unspecified atom stereocenters. The fourth-order valence-corrected chi connectivity index (χ4v) is 2.60. The lowest BCUT2D eigenvalue weighted by molar-refractivity contribution is -0.399. The van der Waals surface area contributed by atoms with Gasteiger partial charge in [-0.2, -0.15) is 87.4 Å². The van der Waals surface area contributed by atoms with Gasteiger partial charge in [-0.1, -0.05) is 0 Å². The quantitative estimate of drug-likeness (QED) is 0.184. The number of halogens is 18. The molecule has 0 aromatic heterocycles. The zero-order valence-electron chi connectivity index (χ0n) is 17.8.